The number of hydrogen-bond donors (Lipinski definition) is 1. The fourth-order valence-corrected chi connectivity index (χ4v) is 3.24. The van der Waals surface area contributed by atoms with Crippen LogP contribution in [0.15, 0.2) is 39.2 Å². The van der Waals surface area contributed by atoms with E-state index in [1.807, 2.05) is 5.01 Å². The van der Waals surface area contributed by atoms with E-state index >= 15 is 0 Å². The summed E-state index contributed by atoms with van der Waals surface area (Å²) < 4.78 is 1.10. The molecule has 0 amide bonds. The Bertz CT molecular complexity index is 492. The highest BCUT2D eigenvalue weighted by atomic mass is 79.9. The Balaban J connectivity index is 1.97. The molecule has 0 aromatic rings. The molecule has 0 spiro atoms. The van der Waals surface area contributed by atoms with Crippen LogP contribution in [0.4, 0.5) is 0 Å². The average molecular weight is 329 g/mol. The van der Waals surface area contributed by atoms with E-state index in [1.165, 1.54) is 0 Å². The summed E-state index contributed by atoms with van der Waals surface area (Å²) in [4.78, 5) is 4.75. The highest BCUT2D eigenvalue weighted by molar-refractivity contribution is 9.11. The third-order valence-electron chi connectivity index (χ3n) is 3.48. The van der Waals surface area contributed by atoms with Gasteiger partial charge < -0.3 is 0 Å². The summed E-state index contributed by atoms with van der Waals surface area (Å²) in [5.74, 6) is 1.19. The molecule has 1 N–H and O–H groups in total. The Morgan fingerprint density at radius 3 is 3.17 bits per heavy atom. The molecule has 0 fully saturated rings. The first-order valence-electron chi connectivity index (χ1n) is 6.16. The van der Waals surface area contributed by atoms with E-state index in [4.69, 9.17) is 16.6 Å². The van der Waals surface area contributed by atoms with Crippen molar-refractivity contribution in [2.75, 3.05) is 6.54 Å². The fraction of sp³-hybridized carbons (Fsp3) is 0.462. The third-order valence-corrected chi connectivity index (χ3v) is 4.60. The lowest BCUT2D eigenvalue weighted by Gasteiger charge is -2.29. The minimum atomic E-state index is 0.151. The number of rotatable bonds is 1. The maximum absolute atomic E-state index is 6.42. The minimum absolute atomic E-state index is 0.151. The van der Waals surface area contributed by atoms with Gasteiger partial charge in [-0.25, -0.2) is 10.4 Å². The first-order chi connectivity index (χ1) is 8.66. The van der Waals surface area contributed by atoms with Crippen LogP contribution in [-0.2, 0) is 0 Å². The Hall–Kier alpha value is -0.580. The van der Waals surface area contributed by atoms with Gasteiger partial charge in [0.25, 0.3) is 0 Å². The van der Waals surface area contributed by atoms with Gasteiger partial charge in [0.15, 0.2) is 5.82 Å². The number of nitrogens with one attached hydrogen (secondary N) is 1. The predicted octanol–water partition coefficient (Wildman–Crippen LogP) is 3.30. The van der Waals surface area contributed by atoms with Crippen molar-refractivity contribution >= 4 is 33.2 Å². The zero-order valence-electron chi connectivity index (χ0n) is 10.2. The van der Waals surface area contributed by atoms with Crippen LogP contribution in [0, 0.1) is 5.92 Å². The summed E-state index contributed by atoms with van der Waals surface area (Å²) in [5.41, 5.74) is 5.50. The van der Waals surface area contributed by atoms with Crippen molar-refractivity contribution < 1.29 is 0 Å². The van der Waals surface area contributed by atoms with Gasteiger partial charge >= 0.3 is 0 Å². The topological polar surface area (TPSA) is 27.6 Å². The highest BCUT2D eigenvalue weighted by Gasteiger charge is 2.30. The second-order valence-electron chi connectivity index (χ2n) is 4.77. The van der Waals surface area contributed by atoms with Crippen LogP contribution < -0.4 is 5.43 Å². The van der Waals surface area contributed by atoms with Crippen LogP contribution in [0.1, 0.15) is 19.8 Å². The largest absolute Gasteiger partial charge is 0.263 e. The maximum Gasteiger partial charge on any atom is 0.159 e. The Morgan fingerprint density at radius 2 is 2.39 bits per heavy atom. The molecule has 2 unspecified atom stereocenters. The van der Waals surface area contributed by atoms with Crippen LogP contribution in [0.3, 0.4) is 0 Å². The number of nitrogens with zero attached hydrogens (tertiary/aromatic N) is 2. The predicted molar refractivity (Wildman–Crippen MR) is 78.5 cm³/mol. The Labute approximate surface area is 120 Å². The van der Waals surface area contributed by atoms with Crippen LogP contribution in [0.2, 0.25) is 0 Å². The van der Waals surface area contributed by atoms with Gasteiger partial charge in [-0.1, -0.05) is 28.1 Å². The van der Waals surface area contributed by atoms with E-state index in [0.29, 0.717) is 0 Å². The summed E-state index contributed by atoms with van der Waals surface area (Å²) in [7, 11) is 0. The van der Waals surface area contributed by atoms with Crippen molar-refractivity contribution in [3.63, 3.8) is 0 Å². The van der Waals surface area contributed by atoms with E-state index < -0.39 is 0 Å². The lowest BCUT2D eigenvalue weighted by atomic mass is 9.90. The van der Waals surface area contributed by atoms with Gasteiger partial charge in [-0.2, -0.15) is 0 Å². The molecule has 5 heteroatoms. The van der Waals surface area contributed by atoms with E-state index in [0.717, 1.165) is 41.1 Å². The molecule has 0 radical (unpaired) electrons. The van der Waals surface area contributed by atoms with Crippen molar-refractivity contribution in [3.8, 4) is 0 Å². The lowest BCUT2D eigenvalue weighted by Crippen LogP contribution is -2.34. The summed E-state index contributed by atoms with van der Waals surface area (Å²) in [5, 5.41) is 2.17. The fourth-order valence-electron chi connectivity index (χ4n) is 2.51. The van der Waals surface area contributed by atoms with Crippen molar-refractivity contribution in [3.05, 3.63) is 34.2 Å². The smallest absolute Gasteiger partial charge is 0.159 e. The minimum Gasteiger partial charge on any atom is -0.263 e. The summed E-state index contributed by atoms with van der Waals surface area (Å²) in [6.45, 7) is 2.88. The monoisotopic (exact) mass is 327 g/mol. The van der Waals surface area contributed by atoms with Gasteiger partial charge in [0.1, 0.15) is 0 Å². The first-order valence-corrected chi connectivity index (χ1v) is 7.39. The number of hydrazine groups is 1. The average Bonchev–Trinajstić information content (AvgIpc) is 2.72. The molecular weight excluding hydrogens is 314 g/mol. The Morgan fingerprint density at radius 1 is 1.56 bits per heavy atom. The number of aliphatic imine (C=N–C) groups is 1. The maximum atomic E-state index is 6.42. The molecule has 2 atom stereocenters. The standard InChI is InChI=1S/C13H15BrClN3/c1-8-6-12(9-4-2-3-5-11(9)15)17-13-10(14)7-16-18(8)13/h2,4,6,9,11,16H,3,5,7H2,1H3. The molecular formula is C13H15BrClN3. The van der Waals surface area contributed by atoms with Gasteiger partial charge in [0, 0.05) is 17.0 Å². The van der Waals surface area contributed by atoms with Crippen molar-refractivity contribution in [2.45, 2.75) is 25.1 Å². The zero-order valence-corrected chi connectivity index (χ0v) is 12.5. The van der Waals surface area contributed by atoms with E-state index in [2.05, 4.69) is 46.5 Å². The molecule has 0 saturated carbocycles. The number of hydrogen-bond acceptors (Lipinski definition) is 3. The molecule has 2 aliphatic heterocycles. The van der Waals surface area contributed by atoms with Gasteiger partial charge in [0.05, 0.1) is 16.7 Å². The lowest BCUT2D eigenvalue weighted by molar-refractivity contribution is 0.349. The SMILES string of the molecule is CC1=CC(C2C=CCCC2Cl)=NC2=C(Br)CNN12. The quantitative estimate of drug-likeness (QED) is 0.591. The van der Waals surface area contributed by atoms with Crippen molar-refractivity contribution in [2.24, 2.45) is 10.9 Å². The summed E-state index contributed by atoms with van der Waals surface area (Å²) in [6.07, 6.45) is 8.61. The van der Waals surface area contributed by atoms with Crippen LogP contribution in [0.5, 0.6) is 0 Å². The number of fused-ring (bicyclic) bond motifs is 1. The second kappa shape index (κ2) is 4.83. The third kappa shape index (κ3) is 2.06. The molecule has 0 bridgehead atoms. The molecule has 2 heterocycles. The zero-order chi connectivity index (χ0) is 12.7. The van der Waals surface area contributed by atoms with Gasteiger partial charge in [-0.05, 0) is 25.8 Å². The van der Waals surface area contributed by atoms with Gasteiger partial charge in [-0.3, -0.25) is 5.01 Å². The van der Waals surface area contributed by atoms with E-state index in [9.17, 15) is 0 Å². The van der Waals surface area contributed by atoms with Crippen LogP contribution in [0.25, 0.3) is 0 Å². The molecule has 1 aliphatic carbocycles. The van der Waals surface area contributed by atoms with Gasteiger partial charge in [0.2, 0.25) is 0 Å². The van der Waals surface area contributed by atoms with Crippen LogP contribution >= 0.6 is 27.5 Å². The highest BCUT2D eigenvalue weighted by Crippen LogP contribution is 2.32. The van der Waals surface area contributed by atoms with E-state index in [1.54, 1.807) is 0 Å². The normalized spacial score (nSPS) is 31.4. The van der Waals surface area contributed by atoms with Crippen LogP contribution in [-0.4, -0.2) is 22.6 Å². The molecule has 96 valence electrons. The number of allylic oxidation sites excluding steroid dienone is 4. The molecule has 3 rings (SSSR count). The Kier molecular flexibility index (Phi) is 3.34. The molecule has 0 aromatic carbocycles. The summed E-state index contributed by atoms with van der Waals surface area (Å²) in [6, 6.07) is 0. The molecule has 18 heavy (non-hydrogen) atoms. The van der Waals surface area contributed by atoms with Crippen molar-refractivity contribution in [1.82, 2.24) is 10.4 Å². The molecule has 0 saturated heterocycles. The molecule has 3 nitrogen and oxygen atoms in total. The number of halogens is 2. The number of alkyl halides is 1. The summed E-state index contributed by atoms with van der Waals surface area (Å²) >= 11 is 9.99. The molecule has 0 aromatic heterocycles. The van der Waals surface area contributed by atoms with Crippen molar-refractivity contribution in [1.29, 1.82) is 0 Å². The second-order valence-corrected chi connectivity index (χ2v) is 6.29. The van der Waals surface area contributed by atoms with Gasteiger partial charge in [-0.15, -0.1) is 11.6 Å². The van der Waals surface area contributed by atoms with E-state index in [-0.39, 0.29) is 11.3 Å². The first kappa shape index (κ1) is 12.5. The molecule has 3 aliphatic rings.